The molecule has 6 atom stereocenters. The Morgan fingerprint density at radius 2 is 1.80 bits per heavy atom. The molecular formula is C23H34O2. The van der Waals surface area contributed by atoms with Crippen molar-refractivity contribution in [1.82, 2.24) is 0 Å². The van der Waals surface area contributed by atoms with Gasteiger partial charge in [0.15, 0.2) is 6.29 Å². The van der Waals surface area contributed by atoms with E-state index in [0.717, 1.165) is 12.3 Å². The van der Waals surface area contributed by atoms with Gasteiger partial charge in [-0.15, -0.1) is 0 Å². The van der Waals surface area contributed by atoms with Crippen LogP contribution >= 0.6 is 0 Å². The van der Waals surface area contributed by atoms with Crippen LogP contribution in [0.15, 0.2) is 30.3 Å². The molecule has 4 rings (SSSR count). The van der Waals surface area contributed by atoms with Crippen LogP contribution in [0.4, 0.5) is 0 Å². The first-order valence-corrected chi connectivity index (χ1v) is 10.0. The van der Waals surface area contributed by atoms with E-state index in [1.807, 2.05) is 0 Å². The molecule has 0 aromatic heterocycles. The molecule has 2 saturated carbocycles. The van der Waals surface area contributed by atoms with Gasteiger partial charge in [-0.3, -0.25) is 0 Å². The van der Waals surface area contributed by atoms with E-state index in [-0.39, 0.29) is 17.8 Å². The van der Waals surface area contributed by atoms with Crippen molar-refractivity contribution in [2.24, 2.45) is 28.1 Å². The lowest BCUT2D eigenvalue weighted by Gasteiger charge is -2.39. The van der Waals surface area contributed by atoms with Crippen LogP contribution in [-0.2, 0) is 9.47 Å². The van der Waals surface area contributed by atoms with Crippen molar-refractivity contribution in [2.45, 2.75) is 79.3 Å². The molecular weight excluding hydrogens is 308 g/mol. The van der Waals surface area contributed by atoms with Gasteiger partial charge in [-0.05, 0) is 46.5 Å². The van der Waals surface area contributed by atoms with Crippen LogP contribution in [0.1, 0.15) is 72.5 Å². The summed E-state index contributed by atoms with van der Waals surface area (Å²) in [5.74, 6) is 1.47. The van der Waals surface area contributed by atoms with Gasteiger partial charge in [0.2, 0.25) is 0 Å². The number of benzene rings is 1. The molecule has 2 aliphatic carbocycles. The van der Waals surface area contributed by atoms with E-state index in [1.165, 1.54) is 18.4 Å². The lowest BCUT2D eigenvalue weighted by Crippen LogP contribution is -2.38. The molecule has 1 unspecified atom stereocenters. The maximum atomic E-state index is 6.61. The largest absolute Gasteiger partial charge is 0.349 e. The monoisotopic (exact) mass is 342 g/mol. The molecule has 2 bridgehead atoms. The van der Waals surface area contributed by atoms with Gasteiger partial charge in [0, 0.05) is 6.42 Å². The second-order valence-electron chi connectivity index (χ2n) is 10.5. The predicted molar refractivity (Wildman–Crippen MR) is 101 cm³/mol. The average molecular weight is 343 g/mol. The zero-order valence-electron chi connectivity index (χ0n) is 16.7. The molecule has 1 aliphatic heterocycles. The first-order valence-electron chi connectivity index (χ1n) is 10.0. The van der Waals surface area contributed by atoms with Crippen molar-refractivity contribution in [3.63, 3.8) is 0 Å². The highest BCUT2D eigenvalue weighted by atomic mass is 16.7. The zero-order valence-corrected chi connectivity index (χ0v) is 16.7. The van der Waals surface area contributed by atoms with Crippen LogP contribution in [0.25, 0.3) is 0 Å². The first kappa shape index (κ1) is 17.5. The van der Waals surface area contributed by atoms with Crippen LogP contribution in [-0.4, -0.2) is 12.4 Å². The molecule has 0 amide bonds. The van der Waals surface area contributed by atoms with Crippen LogP contribution in [0, 0.1) is 28.1 Å². The van der Waals surface area contributed by atoms with Crippen molar-refractivity contribution >= 4 is 0 Å². The Morgan fingerprint density at radius 1 is 1.12 bits per heavy atom. The van der Waals surface area contributed by atoms with E-state index < -0.39 is 0 Å². The summed E-state index contributed by atoms with van der Waals surface area (Å²) in [4.78, 5) is 0. The van der Waals surface area contributed by atoms with Crippen LogP contribution < -0.4 is 0 Å². The maximum absolute atomic E-state index is 6.61. The van der Waals surface area contributed by atoms with Crippen LogP contribution in [0.3, 0.4) is 0 Å². The second-order valence-corrected chi connectivity index (χ2v) is 10.5. The van der Waals surface area contributed by atoms with Gasteiger partial charge >= 0.3 is 0 Å². The highest BCUT2D eigenvalue weighted by molar-refractivity contribution is 5.20. The average Bonchev–Trinajstić information content (AvgIpc) is 3.10. The van der Waals surface area contributed by atoms with Crippen LogP contribution in [0.2, 0.25) is 0 Å². The molecule has 25 heavy (non-hydrogen) atoms. The number of hydrogen-bond donors (Lipinski definition) is 0. The van der Waals surface area contributed by atoms with E-state index in [2.05, 4.69) is 71.9 Å². The fourth-order valence-corrected chi connectivity index (χ4v) is 6.13. The Morgan fingerprint density at radius 3 is 2.40 bits per heavy atom. The Bertz CT molecular complexity index is 629. The molecule has 0 spiro atoms. The lowest BCUT2D eigenvalue weighted by atomic mass is 9.70. The van der Waals surface area contributed by atoms with E-state index in [4.69, 9.17) is 9.47 Å². The SMILES string of the molecule is CC(C)(C)C(O[C@H]1C[C@@H]2[C@H]3CC[C@@](C)([C@@H]2O1)C3(C)C)c1ccccc1. The Labute approximate surface area is 153 Å². The number of hydrogen-bond acceptors (Lipinski definition) is 2. The molecule has 0 N–H and O–H groups in total. The highest BCUT2D eigenvalue weighted by Crippen LogP contribution is 2.71. The topological polar surface area (TPSA) is 18.5 Å². The van der Waals surface area contributed by atoms with Gasteiger partial charge in [-0.2, -0.15) is 0 Å². The van der Waals surface area contributed by atoms with Gasteiger partial charge in [0.25, 0.3) is 0 Å². The van der Waals surface area contributed by atoms with Gasteiger partial charge in [-0.25, -0.2) is 0 Å². The summed E-state index contributed by atoms with van der Waals surface area (Å²) < 4.78 is 13.2. The first-order chi connectivity index (χ1) is 11.6. The number of ether oxygens (including phenoxy) is 2. The minimum Gasteiger partial charge on any atom is -0.349 e. The van der Waals surface area contributed by atoms with Crippen molar-refractivity contribution in [1.29, 1.82) is 0 Å². The Balaban J connectivity index is 1.54. The summed E-state index contributed by atoms with van der Waals surface area (Å²) in [7, 11) is 0. The standard InChI is InChI=1S/C23H34O2/c1-21(2,3)19(15-10-8-7-9-11-15)24-18-14-16-17-12-13-23(6,20(16)25-18)22(17,4)5/h7-11,16-20H,12-14H2,1-6H3/t16-,17-,18-,19?,20-,23+/m1/s1. The third kappa shape index (κ3) is 2.51. The predicted octanol–water partition coefficient (Wildman–Crippen LogP) is 5.98. The van der Waals surface area contributed by atoms with Crippen molar-refractivity contribution in [3.8, 4) is 0 Å². The fraction of sp³-hybridized carbons (Fsp3) is 0.739. The van der Waals surface area contributed by atoms with Gasteiger partial charge in [0.1, 0.15) is 0 Å². The van der Waals surface area contributed by atoms with Gasteiger partial charge in [-0.1, -0.05) is 71.9 Å². The lowest BCUT2D eigenvalue weighted by molar-refractivity contribution is -0.205. The second kappa shape index (κ2) is 5.57. The van der Waals surface area contributed by atoms with E-state index in [9.17, 15) is 0 Å². The summed E-state index contributed by atoms with van der Waals surface area (Å²) >= 11 is 0. The molecule has 1 aromatic rings. The third-order valence-electron chi connectivity index (χ3n) is 7.85. The minimum absolute atomic E-state index is 0.0462. The summed E-state index contributed by atoms with van der Waals surface area (Å²) in [5, 5.41) is 0. The minimum atomic E-state index is -0.0598. The fourth-order valence-electron chi connectivity index (χ4n) is 6.13. The normalized spacial score (nSPS) is 40.2. The van der Waals surface area contributed by atoms with E-state index >= 15 is 0 Å². The van der Waals surface area contributed by atoms with Crippen molar-refractivity contribution in [3.05, 3.63) is 35.9 Å². The molecule has 2 heteroatoms. The smallest absolute Gasteiger partial charge is 0.159 e. The van der Waals surface area contributed by atoms with E-state index in [1.54, 1.807) is 0 Å². The molecule has 1 aromatic carbocycles. The molecule has 1 heterocycles. The highest BCUT2D eigenvalue weighted by Gasteiger charge is 2.69. The molecule has 2 nitrogen and oxygen atoms in total. The van der Waals surface area contributed by atoms with Crippen molar-refractivity contribution in [2.75, 3.05) is 0 Å². The van der Waals surface area contributed by atoms with Gasteiger partial charge < -0.3 is 9.47 Å². The molecule has 0 radical (unpaired) electrons. The quantitative estimate of drug-likeness (QED) is 0.673. The Hall–Kier alpha value is -0.860. The van der Waals surface area contributed by atoms with Gasteiger partial charge in [0.05, 0.1) is 12.2 Å². The number of rotatable bonds is 3. The summed E-state index contributed by atoms with van der Waals surface area (Å²) in [6.45, 7) is 14.2. The summed E-state index contributed by atoms with van der Waals surface area (Å²) in [6.07, 6.45) is 4.12. The maximum Gasteiger partial charge on any atom is 0.159 e. The Kier molecular flexibility index (Phi) is 3.91. The van der Waals surface area contributed by atoms with Crippen molar-refractivity contribution < 1.29 is 9.47 Å². The summed E-state index contributed by atoms with van der Waals surface area (Å²) in [5.41, 5.74) is 2.01. The number of fused-ring (bicyclic) bond motifs is 5. The molecule has 3 fully saturated rings. The molecule has 138 valence electrons. The third-order valence-corrected chi connectivity index (χ3v) is 7.85. The zero-order chi connectivity index (χ0) is 18.0. The van der Waals surface area contributed by atoms with E-state index in [0.29, 0.717) is 22.9 Å². The molecule has 1 saturated heterocycles. The van der Waals surface area contributed by atoms with Crippen LogP contribution in [0.5, 0.6) is 0 Å². The summed E-state index contributed by atoms with van der Waals surface area (Å²) in [6, 6.07) is 10.6. The molecule has 3 aliphatic rings.